The summed E-state index contributed by atoms with van der Waals surface area (Å²) in [5, 5.41) is 26.7. The Hall–Kier alpha value is -1.89. The van der Waals surface area contributed by atoms with E-state index >= 15 is 0 Å². The van der Waals surface area contributed by atoms with Gasteiger partial charge in [0, 0.05) is 13.6 Å². The Balaban J connectivity index is 2.89. The van der Waals surface area contributed by atoms with Crippen LogP contribution in [0, 0.1) is 10.1 Å². The highest BCUT2D eigenvalue weighted by Gasteiger charge is 2.22. The largest absolute Gasteiger partial charge is 0.388 e. The molecule has 0 saturated heterocycles. The van der Waals surface area contributed by atoms with Crippen LogP contribution in [0.25, 0.3) is 0 Å². The summed E-state index contributed by atoms with van der Waals surface area (Å²) in [5.74, 6) is 0.784. The summed E-state index contributed by atoms with van der Waals surface area (Å²) in [4.78, 5) is 14.5. The molecule has 1 aromatic heterocycles. The van der Waals surface area contributed by atoms with Crippen molar-refractivity contribution in [2.24, 2.45) is 0 Å². The Kier molecular flexibility index (Phi) is 5.05. The van der Waals surface area contributed by atoms with Crippen LogP contribution in [0.3, 0.4) is 0 Å². The first kappa shape index (κ1) is 15.2. The molecule has 0 saturated carbocycles. The van der Waals surface area contributed by atoms with Gasteiger partial charge in [-0.3, -0.25) is 10.1 Å². The summed E-state index contributed by atoms with van der Waals surface area (Å²) < 4.78 is 0. The van der Waals surface area contributed by atoms with E-state index in [0.29, 0.717) is 31.0 Å². The van der Waals surface area contributed by atoms with Crippen molar-refractivity contribution in [3.05, 3.63) is 22.2 Å². The molecule has 0 aliphatic carbocycles. The molecular weight excluding hydrogens is 248 g/mol. The maximum atomic E-state index is 10.8. The molecule has 0 aromatic carbocycles. The molecule has 0 fully saturated rings. The lowest BCUT2D eigenvalue weighted by Gasteiger charge is -2.25. The van der Waals surface area contributed by atoms with Crippen LogP contribution in [0.1, 0.15) is 26.7 Å². The second-order valence-electron chi connectivity index (χ2n) is 4.39. The normalized spacial score (nSPS) is 11.2. The van der Waals surface area contributed by atoms with Gasteiger partial charge in [0.2, 0.25) is 0 Å². The number of hydrogen-bond donors (Lipinski definition) is 3. The predicted molar refractivity (Wildman–Crippen MR) is 74.5 cm³/mol. The first-order valence-electron chi connectivity index (χ1n) is 6.24. The lowest BCUT2D eigenvalue weighted by atomic mass is 9.98. The first-order chi connectivity index (χ1) is 8.94. The van der Waals surface area contributed by atoms with E-state index in [1.165, 1.54) is 12.1 Å². The van der Waals surface area contributed by atoms with Gasteiger partial charge in [-0.05, 0) is 12.8 Å². The van der Waals surface area contributed by atoms with Crippen LogP contribution in [-0.2, 0) is 0 Å². The van der Waals surface area contributed by atoms with Gasteiger partial charge in [-0.15, -0.1) is 0 Å². The number of nitro groups is 1. The molecule has 1 aromatic rings. The van der Waals surface area contributed by atoms with Crippen molar-refractivity contribution in [2.45, 2.75) is 32.3 Å². The number of aromatic nitrogens is 1. The van der Waals surface area contributed by atoms with Crippen LogP contribution in [0.4, 0.5) is 17.3 Å². The van der Waals surface area contributed by atoms with Gasteiger partial charge in [0.25, 0.3) is 5.69 Å². The molecule has 106 valence electrons. The van der Waals surface area contributed by atoms with E-state index in [4.69, 9.17) is 0 Å². The van der Waals surface area contributed by atoms with Gasteiger partial charge in [0.15, 0.2) is 0 Å². The lowest BCUT2D eigenvalue weighted by Crippen LogP contribution is -2.35. The van der Waals surface area contributed by atoms with Gasteiger partial charge >= 0.3 is 0 Å². The Labute approximate surface area is 112 Å². The van der Waals surface area contributed by atoms with Gasteiger partial charge in [-0.25, -0.2) is 4.98 Å². The fourth-order valence-corrected chi connectivity index (χ4v) is 1.60. The molecule has 0 radical (unpaired) electrons. The predicted octanol–water partition coefficient (Wildman–Crippen LogP) is 1.99. The van der Waals surface area contributed by atoms with Crippen LogP contribution < -0.4 is 10.6 Å². The van der Waals surface area contributed by atoms with Gasteiger partial charge in [0.1, 0.15) is 11.6 Å². The van der Waals surface area contributed by atoms with E-state index in [1.807, 2.05) is 13.8 Å². The Morgan fingerprint density at radius 1 is 1.37 bits per heavy atom. The van der Waals surface area contributed by atoms with Crippen LogP contribution >= 0.6 is 0 Å². The molecular formula is C12H20N4O3. The Morgan fingerprint density at radius 3 is 2.42 bits per heavy atom. The summed E-state index contributed by atoms with van der Waals surface area (Å²) in [6.45, 7) is 4.09. The van der Waals surface area contributed by atoms with Crippen molar-refractivity contribution in [1.82, 2.24) is 4.98 Å². The minimum absolute atomic E-state index is 0.0432. The average Bonchev–Trinajstić information content (AvgIpc) is 2.44. The lowest BCUT2D eigenvalue weighted by molar-refractivity contribution is -0.384. The smallest absolute Gasteiger partial charge is 0.276 e. The SMILES string of the molecule is CCC(O)(CC)CNc1cc([N+](=O)[O-])cc(NC)n1. The van der Waals surface area contributed by atoms with E-state index < -0.39 is 10.5 Å². The fraction of sp³-hybridized carbons (Fsp3) is 0.583. The van der Waals surface area contributed by atoms with Crippen molar-refractivity contribution < 1.29 is 10.0 Å². The quantitative estimate of drug-likeness (QED) is 0.516. The first-order valence-corrected chi connectivity index (χ1v) is 6.24. The summed E-state index contributed by atoms with van der Waals surface area (Å²) in [7, 11) is 1.64. The summed E-state index contributed by atoms with van der Waals surface area (Å²) in [5.41, 5.74) is -0.870. The van der Waals surface area contributed by atoms with Crippen molar-refractivity contribution >= 4 is 17.3 Å². The average molecular weight is 268 g/mol. The molecule has 7 nitrogen and oxygen atoms in total. The highest BCUT2D eigenvalue weighted by Crippen LogP contribution is 2.22. The summed E-state index contributed by atoms with van der Waals surface area (Å²) in [6, 6.07) is 2.71. The van der Waals surface area contributed by atoms with Crippen molar-refractivity contribution in [1.29, 1.82) is 0 Å². The molecule has 0 aliphatic rings. The number of aliphatic hydroxyl groups is 1. The molecule has 7 heteroatoms. The van der Waals surface area contributed by atoms with Gasteiger partial charge in [-0.2, -0.15) is 0 Å². The van der Waals surface area contributed by atoms with Gasteiger partial charge in [-0.1, -0.05) is 13.8 Å². The fourth-order valence-electron chi connectivity index (χ4n) is 1.60. The number of anilines is 2. The van der Waals surface area contributed by atoms with E-state index in [9.17, 15) is 15.2 Å². The number of hydrogen-bond acceptors (Lipinski definition) is 6. The minimum Gasteiger partial charge on any atom is -0.388 e. The highest BCUT2D eigenvalue weighted by molar-refractivity contribution is 5.54. The van der Waals surface area contributed by atoms with Crippen molar-refractivity contribution in [3.8, 4) is 0 Å². The van der Waals surface area contributed by atoms with E-state index in [-0.39, 0.29) is 5.69 Å². The third kappa shape index (κ3) is 4.06. The molecule has 0 atom stereocenters. The number of pyridine rings is 1. The second-order valence-corrected chi connectivity index (χ2v) is 4.39. The second kappa shape index (κ2) is 6.33. The topological polar surface area (TPSA) is 100 Å². The third-order valence-electron chi connectivity index (χ3n) is 3.19. The number of nitrogens with one attached hydrogen (secondary N) is 2. The third-order valence-corrected chi connectivity index (χ3v) is 3.19. The Bertz CT molecular complexity index is 447. The monoisotopic (exact) mass is 268 g/mol. The van der Waals surface area contributed by atoms with Crippen molar-refractivity contribution in [2.75, 3.05) is 24.2 Å². The molecule has 0 unspecified atom stereocenters. The van der Waals surface area contributed by atoms with E-state index in [1.54, 1.807) is 7.05 Å². The maximum absolute atomic E-state index is 10.8. The number of nitrogens with zero attached hydrogens (tertiary/aromatic N) is 2. The zero-order chi connectivity index (χ0) is 14.5. The summed E-state index contributed by atoms with van der Waals surface area (Å²) >= 11 is 0. The molecule has 0 bridgehead atoms. The molecule has 0 amide bonds. The molecule has 0 spiro atoms. The molecule has 3 N–H and O–H groups in total. The Morgan fingerprint density at radius 2 is 1.95 bits per heavy atom. The van der Waals surface area contributed by atoms with E-state index in [2.05, 4.69) is 15.6 Å². The van der Waals surface area contributed by atoms with Crippen molar-refractivity contribution in [3.63, 3.8) is 0 Å². The van der Waals surface area contributed by atoms with Gasteiger partial charge < -0.3 is 15.7 Å². The maximum Gasteiger partial charge on any atom is 0.276 e. The van der Waals surface area contributed by atoms with Crippen LogP contribution in [0.2, 0.25) is 0 Å². The van der Waals surface area contributed by atoms with Crippen LogP contribution in [0.15, 0.2) is 12.1 Å². The summed E-state index contributed by atoms with van der Waals surface area (Å²) in [6.07, 6.45) is 1.20. The van der Waals surface area contributed by atoms with E-state index in [0.717, 1.165) is 0 Å². The van der Waals surface area contributed by atoms with Gasteiger partial charge in [0.05, 0.1) is 22.7 Å². The minimum atomic E-state index is -0.827. The highest BCUT2D eigenvalue weighted by atomic mass is 16.6. The zero-order valence-corrected chi connectivity index (χ0v) is 11.4. The molecule has 19 heavy (non-hydrogen) atoms. The molecule has 1 rings (SSSR count). The molecule has 0 aliphatic heterocycles. The standard InChI is InChI=1S/C12H20N4O3/c1-4-12(17,5-2)8-14-11-7-9(16(18)19)6-10(13-3)15-11/h6-7,17H,4-5,8H2,1-3H3,(H2,13,14,15). The van der Waals surface area contributed by atoms with Crippen LogP contribution in [0.5, 0.6) is 0 Å². The molecule has 1 heterocycles. The van der Waals surface area contributed by atoms with Crippen LogP contribution in [-0.4, -0.2) is 34.2 Å². The zero-order valence-electron chi connectivity index (χ0n) is 11.4. The number of rotatable bonds is 7.